The van der Waals surface area contributed by atoms with Crippen LogP contribution in [0.2, 0.25) is 0 Å². The van der Waals surface area contributed by atoms with Gasteiger partial charge in [-0.2, -0.15) is 0 Å². The zero-order valence-electron chi connectivity index (χ0n) is 8.93. The molecule has 0 spiro atoms. The van der Waals surface area contributed by atoms with Crippen LogP contribution >= 0.6 is 0 Å². The smallest absolute Gasteiger partial charge is 0.282 e. The molecule has 0 radical (unpaired) electrons. The van der Waals surface area contributed by atoms with Gasteiger partial charge >= 0.3 is 0 Å². The lowest BCUT2D eigenvalue weighted by Gasteiger charge is -2.23. The molecule has 2 N–H and O–H groups in total. The Labute approximate surface area is 83.6 Å². The molecule has 1 unspecified atom stereocenters. The van der Waals surface area contributed by atoms with E-state index < -0.39 is 19.1 Å². The van der Waals surface area contributed by atoms with Gasteiger partial charge in [0.2, 0.25) is 0 Å². The number of halogens is 2. The summed E-state index contributed by atoms with van der Waals surface area (Å²) in [5.41, 5.74) is 4.88. The van der Waals surface area contributed by atoms with Gasteiger partial charge in [0.25, 0.3) is 5.92 Å². The van der Waals surface area contributed by atoms with E-state index in [4.69, 9.17) is 15.2 Å². The number of methoxy groups -OCH3 is 1. The molecule has 0 fully saturated rings. The van der Waals surface area contributed by atoms with Crippen molar-refractivity contribution in [3.05, 3.63) is 0 Å². The van der Waals surface area contributed by atoms with E-state index in [9.17, 15) is 8.78 Å². The standard InChI is InChI=1S/C9H19F2NO2/c1-7(2)8(4-13-3)14-6-9(10,11)5-12/h7-8H,4-6,12H2,1-3H3. The van der Waals surface area contributed by atoms with Gasteiger partial charge in [-0.25, -0.2) is 8.78 Å². The number of hydrogen-bond donors (Lipinski definition) is 1. The molecule has 0 aromatic carbocycles. The zero-order chi connectivity index (χ0) is 11.2. The maximum absolute atomic E-state index is 12.7. The minimum absolute atomic E-state index is 0.142. The second kappa shape index (κ2) is 6.27. The van der Waals surface area contributed by atoms with E-state index in [0.29, 0.717) is 6.61 Å². The molecule has 0 heterocycles. The largest absolute Gasteiger partial charge is 0.382 e. The Morgan fingerprint density at radius 2 is 1.93 bits per heavy atom. The van der Waals surface area contributed by atoms with E-state index in [2.05, 4.69) is 0 Å². The molecule has 3 nitrogen and oxygen atoms in total. The number of alkyl halides is 2. The van der Waals surface area contributed by atoms with Crippen LogP contribution in [0, 0.1) is 5.92 Å². The van der Waals surface area contributed by atoms with Crippen molar-refractivity contribution in [3.63, 3.8) is 0 Å². The average Bonchev–Trinajstić information content (AvgIpc) is 2.12. The van der Waals surface area contributed by atoms with Crippen molar-refractivity contribution in [1.82, 2.24) is 0 Å². The quantitative estimate of drug-likeness (QED) is 0.689. The molecular weight excluding hydrogens is 192 g/mol. The third-order valence-corrected chi connectivity index (χ3v) is 1.88. The van der Waals surface area contributed by atoms with Crippen LogP contribution < -0.4 is 5.73 Å². The summed E-state index contributed by atoms with van der Waals surface area (Å²) in [6.45, 7) is 2.77. The van der Waals surface area contributed by atoms with Gasteiger partial charge in [0.15, 0.2) is 0 Å². The molecule has 0 aromatic rings. The lowest BCUT2D eigenvalue weighted by Crippen LogP contribution is -2.37. The molecule has 0 amide bonds. The summed E-state index contributed by atoms with van der Waals surface area (Å²) in [7, 11) is 1.51. The second-order valence-electron chi connectivity index (χ2n) is 3.61. The highest BCUT2D eigenvalue weighted by Crippen LogP contribution is 2.15. The molecule has 86 valence electrons. The Hall–Kier alpha value is -0.260. The Kier molecular flexibility index (Phi) is 6.15. The first kappa shape index (κ1) is 13.7. The van der Waals surface area contributed by atoms with Gasteiger partial charge in [0.1, 0.15) is 6.61 Å². The van der Waals surface area contributed by atoms with Gasteiger partial charge in [-0.05, 0) is 5.92 Å². The van der Waals surface area contributed by atoms with E-state index >= 15 is 0 Å². The van der Waals surface area contributed by atoms with E-state index in [1.807, 2.05) is 13.8 Å². The first-order valence-electron chi connectivity index (χ1n) is 4.61. The summed E-state index contributed by atoms with van der Waals surface area (Å²) >= 11 is 0. The topological polar surface area (TPSA) is 44.5 Å². The molecular formula is C9H19F2NO2. The van der Waals surface area contributed by atoms with Gasteiger partial charge < -0.3 is 15.2 Å². The Balaban J connectivity index is 3.93. The van der Waals surface area contributed by atoms with Crippen LogP contribution in [0.25, 0.3) is 0 Å². The van der Waals surface area contributed by atoms with Crippen LogP contribution in [0.4, 0.5) is 8.78 Å². The zero-order valence-corrected chi connectivity index (χ0v) is 8.93. The van der Waals surface area contributed by atoms with Gasteiger partial charge in [0, 0.05) is 7.11 Å². The van der Waals surface area contributed by atoms with Crippen molar-refractivity contribution >= 4 is 0 Å². The molecule has 0 aliphatic rings. The third-order valence-electron chi connectivity index (χ3n) is 1.88. The lowest BCUT2D eigenvalue weighted by molar-refractivity contribution is -0.116. The Morgan fingerprint density at radius 3 is 2.29 bits per heavy atom. The highest BCUT2D eigenvalue weighted by molar-refractivity contribution is 4.69. The molecule has 0 bridgehead atoms. The summed E-state index contributed by atoms with van der Waals surface area (Å²) < 4.78 is 35.4. The first-order chi connectivity index (χ1) is 6.43. The second-order valence-corrected chi connectivity index (χ2v) is 3.61. The van der Waals surface area contributed by atoms with Crippen molar-refractivity contribution in [2.24, 2.45) is 11.7 Å². The van der Waals surface area contributed by atoms with Crippen molar-refractivity contribution < 1.29 is 18.3 Å². The fourth-order valence-electron chi connectivity index (χ4n) is 0.885. The SMILES string of the molecule is COCC(OCC(F)(F)CN)C(C)C. The minimum Gasteiger partial charge on any atom is -0.382 e. The Morgan fingerprint density at radius 1 is 1.36 bits per heavy atom. The normalized spacial score (nSPS) is 14.8. The van der Waals surface area contributed by atoms with Crippen LogP contribution in [0.15, 0.2) is 0 Å². The van der Waals surface area contributed by atoms with E-state index in [0.717, 1.165) is 0 Å². The predicted octanol–water partition coefficient (Wildman–Crippen LogP) is 1.27. The summed E-state index contributed by atoms with van der Waals surface area (Å²) in [4.78, 5) is 0. The highest BCUT2D eigenvalue weighted by atomic mass is 19.3. The van der Waals surface area contributed by atoms with Crippen molar-refractivity contribution in [3.8, 4) is 0 Å². The maximum Gasteiger partial charge on any atom is 0.282 e. The summed E-state index contributed by atoms with van der Waals surface area (Å²) in [6, 6.07) is 0. The van der Waals surface area contributed by atoms with E-state index in [1.165, 1.54) is 7.11 Å². The predicted molar refractivity (Wildman–Crippen MR) is 50.5 cm³/mol. The van der Waals surface area contributed by atoms with E-state index in [1.54, 1.807) is 0 Å². The molecule has 1 atom stereocenters. The van der Waals surface area contributed by atoms with E-state index in [-0.39, 0.29) is 12.0 Å². The van der Waals surface area contributed by atoms with Crippen molar-refractivity contribution in [2.45, 2.75) is 25.9 Å². The summed E-state index contributed by atoms with van der Waals surface area (Å²) in [5, 5.41) is 0. The summed E-state index contributed by atoms with van der Waals surface area (Å²) in [6.07, 6.45) is -0.308. The molecule has 0 rings (SSSR count). The van der Waals surface area contributed by atoms with Crippen molar-refractivity contribution in [1.29, 1.82) is 0 Å². The first-order valence-corrected chi connectivity index (χ1v) is 4.61. The Bertz CT molecular complexity index is 154. The van der Waals surface area contributed by atoms with Crippen LogP contribution in [0.1, 0.15) is 13.8 Å². The molecule has 0 saturated heterocycles. The fraction of sp³-hybridized carbons (Fsp3) is 1.00. The number of rotatable bonds is 7. The molecule has 0 aliphatic heterocycles. The number of hydrogen-bond acceptors (Lipinski definition) is 3. The lowest BCUT2D eigenvalue weighted by atomic mass is 10.1. The van der Waals surface area contributed by atoms with Gasteiger partial charge in [-0.15, -0.1) is 0 Å². The molecule has 0 aromatic heterocycles. The van der Waals surface area contributed by atoms with Crippen LogP contribution in [-0.4, -0.2) is 38.9 Å². The number of nitrogens with two attached hydrogens (primary N) is 1. The van der Waals surface area contributed by atoms with Gasteiger partial charge in [-0.3, -0.25) is 0 Å². The van der Waals surface area contributed by atoms with Gasteiger partial charge in [-0.1, -0.05) is 13.8 Å². The average molecular weight is 211 g/mol. The summed E-state index contributed by atoms with van der Waals surface area (Å²) in [5.74, 6) is -2.80. The van der Waals surface area contributed by atoms with Crippen LogP contribution in [0.5, 0.6) is 0 Å². The fourth-order valence-corrected chi connectivity index (χ4v) is 0.885. The molecule has 0 saturated carbocycles. The molecule has 14 heavy (non-hydrogen) atoms. The van der Waals surface area contributed by atoms with Crippen molar-refractivity contribution in [2.75, 3.05) is 26.9 Å². The maximum atomic E-state index is 12.7. The minimum atomic E-state index is -2.94. The van der Waals surface area contributed by atoms with Crippen LogP contribution in [-0.2, 0) is 9.47 Å². The monoisotopic (exact) mass is 211 g/mol. The highest BCUT2D eigenvalue weighted by Gasteiger charge is 2.29. The number of ether oxygens (including phenoxy) is 2. The van der Waals surface area contributed by atoms with Gasteiger partial charge in [0.05, 0.1) is 19.3 Å². The van der Waals surface area contributed by atoms with Crippen LogP contribution in [0.3, 0.4) is 0 Å². The molecule has 5 heteroatoms. The molecule has 0 aliphatic carbocycles. The third kappa shape index (κ3) is 5.47.